The largest absolute Gasteiger partial charge is 0.322 e. The molecular formula is C24H21ClN2OS. The van der Waals surface area contributed by atoms with E-state index in [1.165, 1.54) is 16.9 Å². The number of nitrogens with one attached hydrogen (secondary N) is 1. The molecule has 4 aromatic rings. The van der Waals surface area contributed by atoms with Crippen molar-refractivity contribution in [2.75, 3.05) is 5.32 Å². The second-order valence-corrected chi connectivity index (χ2v) is 8.47. The number of hydrogen-bond acceptors (Lipinski definition) is 2. The van der Waals surface area contributed by atoms with Crippen LogP contribution in [0, 0.1) is 0 Å². The summed E-state index contributed by atoms with van der Waals surface area (Å²) in [4.78, 5) is 13.8. The van der Waals surface area contributed by atoms with Gasteiger partial charge in [0.2, 0.25) is 0 Å². The Labute approximate surface area is 179 Å². The number of thiophene rings is 1. The van der Waals surface area contributed by atoms with Gasteiger partial charge in [-0.25, -0.2) is 0 Å². The van der Waals surface area contributed by atoms with Gasteiger partial charge in [-0.2, -0.15) is 0 Å². The molecule has 0 saturated heterocycles. The van der Waals surface area contributed by atoms with Crippen molar-refractivity contribution in [2.24, 2.45) is 0 Å². The summed E-state index contributed by atoms with van der Waals surface area (Å²) in [6.45, 7) is 4.31. The van der Waals surface area contributed by atoms with Crippen LogP contribution in [0.4, 0.5) is 5.69 Å². The number of carbonyl (C=O) groups is 1. The molecule has 1 N–H and O–H groups in total. The molecule has 3 nitrogen and oxygen atoms in total. The molecule has 5 heteroatoms. The molecule has 0 saturated carbocycles. The van der Waals surface area contributed by atoms with Crippen LogP contribution in [-0.4, -0.2) is 10.5 Å². The van der Waals surface area contributed by atoms with Crippen molar-refractivity contribution in [2.45, 2.75) is 19.8 Å². The number of anilines is 1. The zero-order chi connectivity index (χ0) is 20.4. The number of rotatable bonds is 5. The maximum Gasteiger partial charge on any atom is 0.267 e. The van der Waals surface area contributed by atoms with Crippen LogP contribution >= 0.6 is 22.9 Å². The molecule has 2 heterocycles. The Morgan fingerprint density at radius 2 is 1.66 bits per heavy atom. The van der Waals surface area contributed by atoms with Crippen LogP contribution in [0.5, 0.6) is 0 Å². The van der Waals surface area contributed by atoms with Gasteiger partial charge in [0.05, 0.1) is 5.69 Å². The van der Waals surface area contributed by atoms with E-state index < -0.39 is 0 Å². The number of aromatic nitrogens is 1. The highest BCUT2D eigenvalue weighted by Crippen LogP contribution is 2.36. The number of halogens is 1. The quantitative estimate of drug-likeness (QED) is 0.363. The SMILES string of the molecule is CC(C)c1ccc(NC(=O)c2scc(-c3ccc(Cl)cc3)c2-n2cccc2)cc1. The van der Waals surface area contributed by atoms with E-state index in [2.05, 4.69) is 31.3 Å². The molecule has 0 aliphatic heterocycles. The molecule has 2 aromatic carbocycles. The third kappa shape index (κ3) is 4.14. The van der Waals surface area contributed by atoms with E-state index in [9.17, 15) is 4.79 Å². The lowest BCUT2D eigenvalue weighted by Gasteiger charge is -2.11. The van der Waals surface area contributed by atoms with Crippen molar-refractivity contribution in [1.29, 1.82) is 0 Å². The second kappa shape index (κ2) is 8.27. The number of hydrogen-bond donors (Lipinski definition) is 1. The number of amides is 1. The van der Waals surface area contributed by atoms with E-state index in [1.54, 1.807) is 0 Å². The first kappa shape index (κ1) is 19.5. The Morgan fingerprint density at radius 1 is 1.00 bits per heavy atom. The van der Waals surface area contributed by atoms with E-state index in [4.69, 9.17) is 11.6 Å². The third-order valence-corrected chi connectivity index (χ3v) is 6.04. The lowest BCUT2D eigenvalue weighted by Crippen LogP contribution is -2.13. The molecule has 146 valence electrons. The third-order valence-electron chi connectivity index (χ3n) is 4.82. The first-order valence-electron chi connectivity index (χ1n) is 9.45. The maximum atomic E-state index is 13.1. The molecule has 4 rings (SSSR count). The van der Waals surface area contributed by atoms with Crippen LogP contribution in [-0.2, 0) is 0 Å². The summed E-state index contributed by atoms with van der Waals surface area (Å²) in [5.74, 6) is 0.343. The fourth-order valence-corrected chi connectivity index (χ4v) is 4.32. The lowest BCUT2D eigenvalue weighted by molar-refractivity contribution is 0.103. The molecule has 2 aromatic heterocycles. The summed E-state index contributed by atoms with van der Waals surface area (Å²) in [5, 5.41) is 5.75. The molecule has 0 spiro atoms. The Morgan fingerprint density at radius 3 is 2.28 bits per heavy atom. The number of carbonyl (C=O) groups excluding carboxylic acids is 1. The van der Waals surface area contributed by atoms with Gasteiger partial charge >= 0.3 is 0 Å². The van der Waals surface area contributed by atoms with Crippen LogP contribution in [0.1, 0.15) is 35.0 Å². The maximum absolute atomic E-state index is 13.1. The fourth-order valence-electron chi connectivity index (χ4n) is 3.23. The summed E-state index contributed by atoms with van der Waals surface area (Å²) in [7, 11) is 0. The normalized spacial score (nSPS) is 11.0. The van der Waals surface area contributed by atoms with Gasteiger partial charge in [-0.1, -0.05) is 49.7 Å². The summed E-state index contributed by atoms with van der Waals surface area (Å²) >= 11 is 7.49. The molecule has 0 atom stereocenters. The lowest BCUT2D eigenvalue weighted by atomic mass is 10.0. The zero-order valence-electron chi connectivity index (χ0n) is 16.2. The van der Waals surface area contributed by atoms with Crippen molar-refractivity contribution < 1.29 is 4.79 Å². The first-order valence-corrected chi connectivity index (χ1v) is 10.7. The standard InChI is InChI=1S/C24H21ClN2OS/c1-16(2)17-7-11-20(12-8-17)26-24(28)23-22(27-13-3-4-14-27)21(15-29-23)18-5-9-19(25)10-6-18/h3-16H,1-2H3,(H,26,28). The molecule has 0 unspecified atom stereocenters. The molecule has 0 aliphatic rings. The van der Waals surface area contributed by atoms with Gasteiger partial charge in [0, 0.05) is 34.0 Å². The molecule has 29 heavy (non-hydrogen) atoms. The van der Waals surface area contributed by atoms with Gasteiger partial charge in [-0.05, 0) is 53.4 Å². The van der Waals surface area contributed by atoms with Crippen LogP contribution in [0.2, 0.25) is 5.02 Å². The zero-order valence-corrected chi connectivity index (χ0v) is 17.8. The van der Waals surface area contributed by atoms with Gasteiger partial charge in [0.15, 0.2) is 0 Å². The molecule has 0 aliphatic carbocycles. The van der Waals surface area contributed by atoms with Gasteiger partial charge in [-0.15, -0.1) is 11.3 Å². The van der Waals surface area contributed by atoms with Crippen LogP contribution in [0.3, 0.4) is 0 Å². The fraction of sp³-hybridized carbons (Fsp3) is 0.125. The van der Waals surface area contributed by atoms with Crippen molar-refractivity contribution in [3.8, 4) is 16.8 Å². The average Bonchev–Trinajstić information content (AvgIpc) is 3.38. The molecule has 1 amide bonds. The summed E-state index contributed by atoms with van der Waals surface area (Å²) in [5.41, 5.74) is 4.94. The smallest absolute Gasteiger partial charge is 0.267 e. The minimum absolute atomic E-state index is 0.115. The van der Waals surface area contributed by atoms with Crippen molar-refractivity contribution >= 4 is 34.5 Å². The number of nitrogens with zero attached hydrogens (tertiary/aromatic N) is 1. The predicted octanol–water partition coefficient (Wildman–Crippen LogP) is 7.23. The van der Waals surface area contributed by atoms with E-state index in [0.29, 0.717) is 15.8 Å². The molecular weight excluding hydrogens is 400 g/mol. The summed E-state index contributed by atoms with van der Waals surface area (Å²) in [6, 6.07) is 19.6. The van der Waals surface area contributed by atoms with Crippen molar-refractivity contribution in [3.05, 3.63) is 93.9 Å². The molecule has 0 radical (unpaired) electrons. The highest BCUT2D eigenvalue weighted by atomic mass is 35.5. The minimum atomic E-state index is -0.115. The van der Waals surface area contributed by atoms with Crippen LogP contribution in [0.15, 0.2) is 78.4 Å². The Balaban J connectivity index is 1.70. The Bertz CT molecular complexity index is 1110. The minimum Gasteiger partial charge on any atom is -0.322 e. The monoisotopic (exact) mass is 420 g/mol. The first-order chi connectivity index (χ1) is 14.0. The summed E-state index contributed by atoms with van der Waals surface area (Å²) in [6.07, 6.45) is 3.91. The molecule has 0 fully saturated rings. The highest BCUT2D eigenvalue weighted by molar-refractivity contribution is 7.13. The van der Waals surface area contributed by atoms with Crippen molar-refractivity contribution in [3.63, 3.8) is 0 Å². The van der Waals surface area contributed by atoms with E-state index in [0.717, 1.165) is 22.5 Å². The topological polar surface area (TPSA) is 34.0 Å². The van der Waals surface area contributed by atoms with Gasteiger partial charge in [-0.3, -0.25) is 4.79 Å². The van der Waals surface area contributed by atoms with Crippen LogP contribution in [0.25, 0.3) is 16.8 Å². The van der Waals surface area contributed by atoms with Crippen molar-refractivity contribution in [1.82, 2.24) is 4.57 Å². The highest BCUT2D eigenvalue weighted by Gasteiger charge is 2.20. The summed E-state index contributed by atoms with van der Waals surface area (Å²) < 4.78 is 1.98. The van der Waals surface area contributed by atoms with Gasteiger partial charge in [0.1, 0.15) is 4.88 Å². The average molecular weight is 421 g/mol. The van der Waals surface area contributed by atoms with E-state index >= 15 is 0 Å². The Kier molecular flexibility index (Phi) is 5.56. The van der Waals surface area contributed by atoms with E-state index in [1.807, 2.05) is 70.9 Å². The second-order valence-electron chi connectivity index (χ2n) is 7.16. The van der Waals surface area contributed by atoms with Gasteiger partial charge < -0.3 is 9.88 Å². The van der Waals surface area contributed by atoms with Gasteiger partial charge in [0.25, 0.3) is 5.91 Å². The van der Waals surface area contributed by atoms with E-state index in [-0.39, 0.29) is 5.91 Å². The Hall–Kier alpha value is -2.82. The number of benzene rings is 2. The molecule has 0 bridgehead atoms. The van der Waals surface area contributed by atoms with Crippen LogP contribution < -0.4 is 5.32 Å². The predicted molar refractivity (Wildman–Crippen MR) is 123 cm³/mol.